The van der Waals surface area contributed by atoms with Crippen LogP contribution in [0.2, 0.25) is 0 Å². The van der Waals surface area contributed by atoms with Crippen LogP contribution in [-0.2, 0) is 4.79 Å². The van der Waals surface area contributed by atoms with E-state index in [1.54, 1.807) is 72.8 Å². The summed E-state index contributed by atoms with van der Waals surface area (Å²) in [5, 5.41) is 21.6. The van der Waals surface area contributed by atoms with Gasteiger partial charge in [-0.3, -0.25) is 9.79 Å². The van der Waals surface area contributed by atoms with E-state index >= 15 is 0 Å². The number of carbonyl (C=O) groups is 2. The smallest absolute Gasteiger partial charge is 0.416 e. The molecule has 0 saturated heterocycles. The molecule has 1 aliphatic rings. The third-order valence-corrected chi connectivity index (χ3v) is 4.63. The molecule has 3 aromatic carbocycles. The Morgan fingerprint density at radius 1 is 1.03 bits per heavy atom. The Labute approximate surface area is 172 Å². The normalized spacial score (nSPS) is 12.6. The van der Waals surface area contributed by atoms with Crippen molar-refractivity contribution in [2.24, 2.45) is 4.99 Å². The van der Waals surface area contributed by atoms with Crippen molar-refractivity contribution >= 4 is 40.5 Å². The van der Waals surface area contributed by atoms with Gasteiger partial charge in [-0.1, -0.05) is 30.3 Å². The van der Waals surface area contributed by atoms with Gasteiger partial charge in [0.2, 0.25) is 5.91 Å². The molecule has 0 saturated carbocycles. The van der Waals surface area contributed by atoms with E-state index in [-0.39, 0.29) is 12.3 Å². The maximum Gasteiger partial charge on any atom is 0.416 e. The summed E-state index contributed by atoms with van der Waals surface area (Å²) < 4.78 is 0. The number of hydrogen-bond donors (Lipinski definition) is 2. The van der Waals surface area contributed by atoms with Crippen molar-refractivity contribution in [3.8, 4) is 6.07 Å². The van der Waals surface area contributed by atoms with Gasteiger partial charge in [-0.15, -0.1) is 0 Å². The van der Waals surface area contributed by atoms with Gasteiger partial charge in [0.15, 0.2) is 0 Å². The Balaban J connectivity index is 1.77. The first-order valence-corrected chi connectivity index (χ1v) is 9.15. The van der Waals surface area contributed by atoms with E-state index in [1.807, 2.05) is 0 Å². The number of carbonyl (C=O) groups excluding carboxylic acids is 1. The summed E-state index contributed by atoms with van der Waals surface area (Å²) >= 11 is 0. The van der Waals surface area contributed by atoms with Crippen molar-refractivity contribution in [2.75, 3.05) is 10.2 Å². The molecule has 0 aliphatic carbocycles. The Bertz CT molecular complexity index is 1210. The number of aliphatic imine (C=N–C) groups is 1. The highest BCUT2D eigenvalue weighted by atomic mass is 16.4. The third kappa shape index (κ3) is 3.75. The van der Waals surface area contributed by atoms with Crippen LogP contribution in [0, 0.1) is 11.3 Å². The fraction of sp³-hybridized carbons (Fsp3) is 0.0435. The Morgan fingerprint density at radius 3 is 2.57 bits per heavy atom. The molecule has 7 nitrogen and oxygen atoms in total. The van der Waals surface area contributed by atoms with Crippen molar-refractivity contribution in [3.63, 3.8) is 0 Å². The minimum atomic E-state index is -1.14. The van der Waals surface area contributed by atoms with Crippen molar-refractivity contribution in [2.45, 2.75) is 6.42 Å². The number of carboxylic acid groups (broad SMARTS) is 1. The summed E-state index contributed by atoms with van der Waals surface area (Å²) in [5.74, 6) is -0.270. The predicted molar refractivity (Wildman–Crippen MR) is 114 cm³/mol. The maximum atomic E-state index is 12.5. The molecule has 0 radical (unpaired) electrons. The highest BCUT2D eigenvalue weighted by Crippen LogP contribution is 2.35. The molecule has 0 bridgehead atoms. The van der Waals surface area contributed by atoms with Crippen LogP contribution in [0.1, 0.15) is 17.5 Å². The first-order chi connectivity index (χ1) is 14.5. The number of fused-ring (bicyclic) bond motifs is 1. The third-order valence-electron chi connectivity index (χ3n) is 4.63. The standard InChI is InChI=1S/C23H16N4O3/c24-14-15-5-4-6-16(11-15)20-13-22(28)26-21-12-18(9-10-19(21)25-20)27(23(29)30)17-7-2-1-3-8-17/h1-12H,13H2,(H,26,28)(H,29,30). The molecule has 2 amide bonds. The SMILES string of the molecule is N#Cc1cccc(C2=Nc3ccc(N(C(=O)O)c4ccccc4)cc3NC(=O)C2)c1. The molecule has 30 heavy (non-hydrogen) atoms. The number of nitrogens with zero attached hydrogens (tertiary/aromatic N) is 3. The number of para-hydroxylation sites is 1. The molecular weight excluding hydrogens is 380 g/mol. The fourth-order valence-electron chi connectivity index (χ4n) is 3.27. The molecule has 0 fully saturated rings. The summed E-state index contributed by atoms with van der Waals surface area (Å²) in [6, 6.07) is 22.6. The number of benzene rings is 3. The van der Waals surface area contributed by atoms with Crippen molar-refractivity contribution in [1.29, 1.82) is 5.26 Å². The second-order valence-corrected chi connectivity index (χ2v) is 6.63. The minimum Gasteiger partial charge on any atom is -0.464 e. The lowest BCUT2D eigenvalue weighted by Gasteiger charge is -2.20. The van der Waals surface area contributed by atoms with Gasteiger partial charge in [0, 0.05) is 0 Å². The number of hydrogen-bond acceptors (Lipinski definition) is 4. The largest absolute Gasteiger partial charge is 0.464 e. The van der Waals surface area contributed by atoms with Crippen molar-refractivity contribution in [3.05, 3.63) is 83.9 Å². The zero-order valence-corrected chi connectivity index (χ0v) is 15.7. The Morgan fingerprint density at radius 2 is 1.83 bits per heavy atom. The quantitative estimate of drug-likeness (QED) is 0.661. The van der Waals surface area contributed by atoms with E-state index in [0.717, 1.165) is 4.90 Å². The zero-order chi connectivity index (χ0) is 21.1. The maximum absolute atomic E-state index is 12.5. The molecule has 3 aromatic rings. The summed E-state index contributed by atoms with van der Waals surface area (Å²) in [5.41, 5.74) is 3.52. The fourth-order valence-corrected chi connectivity index (χ4v) is 3.27. The molecule has 4 rings (SSSR count). The van der Waals surface area contributed by atoms with Gasteiger partial charge in [-0.25, -0.2) is 9.69 Å². The second-order valence-electron chi connectivity index (χ2n) is 6.63. The van der Waals surface area contributed by atoms with Crippen molar-refractivity contribution in [1.82, 2.24) is 0 Å². The van der Waals surface area contributed by atoms with Crippen LogP contribution in [0.25, 0.3) is 0 Å². The van der Waals surface area contributed by atoms with Crippen LogP contribution in [-0.4, -0.2) is 22.8 Å². The molecule has 0 spiro atoms. The topological polar surface area (TPSA) is 106 Å². The zero-order valence-electron chi connectivity index (χ0n) is 15.7. The van der Waals surface area contributed by atoms with Gasteiger partial charge >= 0.3 is 6.09 Å². The lowest BCUT2D eigenvalue weighted by molar-refractivity contribution is -0.115. The van der Waals surface area contributed by atoms with E-state index in [9.17, 15) is 14.7 Å². The number of rotatable bonds is 3. The average molecular weight is 396 g/mol. The van der Waals surface area contributed by atoms with E-state index in [2.05, 4.69) is 16.4 Å². The molecule has 1 heterocycles. The summed E-state index contributed by atoms with van der Waals surface area (Å²) in [4.78, 5) is 30.1. The highest BCUT2D eigenvalue weighted by Gasteiger charge is 2.21. The first kappa shape index (κ1) is 18.9. The van der Waals surface area contributed by atoms with Crippen LogP contribution >= 0.6 is 0 Å². The number of amides is 2. The molecular formula is C23H16N4O3. The molecule has 0 aromatic heterocycles. The lowest BCUT2D eigenvalue weighted by Crippen LogP contribution is -2.23. The Kier molecular flexibility index (Phi) is 4.97. The molecule has 0 atom stereocenters. The van der Waals surface area contributed by atoms with Gasteiger partial charge < -0.3 is 10.4 Å². The summed E-state index contributed by atoms with van der Waals surface area (Å²) in [6.45, 7) is 0. The van der Waals surface area contributed by atoms with Gasteiger partial charge in [0.1, 0.15) is 0 Å². The monoisotopic (exact) mass is 396 g/mol. The highest BCUT2D eigenvalue weighted by molar-refractivity contribution is 6.17. The first-order valence-electron chi connectivity index (χ1n) is 9.15. The van der Waals surface area contributed by atoms with E-state index in [4.69, 9.17) is 5.26 Å². The molecule has 7 heteroatoms. The number of nitriles is 1. The van der Waals surface area contributed by atoms with Gasteiger partial charge in [-0.05, 0) is 48.0 Å². The molecule has 0 unspecified atom stereocenters. The van der Waals surface area contributed by atoms with Crippen LogP contribution in [0.4, 0.5) is 27.5 Å². The van der Waals surface area contributed by atoms with Gasteiger partial charge in [-0.2, -0.15) is 5.26 Å². The Hall–Kier alpha value is -4.44. The predicted octanol–water partition coefficient (Wildman–Crippen LogP) is 4.84. The summed E-state index contributed by atoms with van der Waals surface area (Å²) in [7, 11) is 0. The van der Waals surface area contributed by atoms with Crippen LogP contribution in [0.5, 0.6) is 0 Å². The van der Waals surface area contributed by atoms with Gasteiger partial charge in [0.05, 0.1) is 46.5 Å². The van der Waals surface area contributed by atoms with Gasteiger partial charge in [0.25, 0.3) is 0 Å². The lowest BCUT2D eigenvalue weighted by atomic mass is 10.0. The van der Waals surface area contributed by atoms with Crippen LogP contribution in [0.3, 0.4) is 0 Å². The number of nitrogens with one attached hydrogen (secondary N) is 1. The van der Waals surface area contributed by atoms with E-state index < -0.39 is 6.09 Å². The second kappa shape index (κ2) is 7.89. The number of anilines is 3. The molecule has 146 valence electrons. The van der Waals surface area contributed by atoms with Crippen LogP contribution in [0.15, 0.2) is 77.8 Å². The van der Waals surface area contributed by atoms with Crippen molar-refractivity contribution < 1.29 is 14.7 Å². The minimum absolute atomic E-state index is 0.0419. The average Bonchev–Trinajstić information content (AvgIpc) is 2.92. The summed E-state index contributed by atoms with van der Waals surface area (Å²) in [6.07, 6.45) is -1.10. The van der Waals surface area contributed by atoms with E-state index in [0.29, 0.717) is 39.6 Å². The van der Waals surface area contributed by atoms with Crippen LogP contribution < -0.4 is 10.2 Å². The van der Waals surface area contributed by atoms with E-state index in [1.165, 1.54) is 0 Å². The molecule has 1 aliphatic heterocycles. The molecule has 2 N–H and O–H groups in total.